The van der Waals surface area contributed by atoms with Gasteiger partial charge in [0, 0.05) is 35.7 Å². The lowest BCUT2D eigenvalue weighted by molar-refractivity contribution is 0.849. The Bertz CT molecular complexity index is 2270. The summed E-state index contributed by atoms with van der Waals surface area (Å²) in [6.07, 6.45) is 15.6. The van der Waals surface area contributed by atoms with Crippen molar-refractivity contribution in [1.82, 2.24) is 4.98 Å². The zero-order valence-electron chi connectivity index (χ0n) is 29.2. The minimum absolute atomic E-state index is 0.312. The van der Waals surface area contributed by atoms with Crippen molar-refractivity contribution in [2.75, 3.05) is 12.0 Å². The van der Waals surface area contributed by atoms with Gasteiger partial charge >= 0.3 is 0 Å². The van der Waals surface area contributed by atoms with Gasteiger partial charge in [0.05, 0.1) is 5.69 Å². The number of nitrogens with two attached hydrogens (primary N) is 2. The van der Waals surface area contributed by atoms with Gasteiger partial charge in [0.1, 0.15) is 0 Å². The molecular weight excluding hydrogens is 659 g/mol. The highest BCUT2D eigenvalue weighted by Crippen LogP contribution is 2.43. The van der Waals surface area contributed by atoms with Crippen LogP contribution >= 0.6 is 23.5 Å². The molecule has 0 saturated heterocycles. The number of thioether (sulfide) groups is 2. The van der Waals surface area contributed by atoms with E-state index in [0.29, 0.717) is 5.92 Å². The van der Waals surface area contributed by atoms with Crippen LogP contribution in [0.25, 0.3) is 72.7 Å². The fraction of sp³-hybridized carbons (Fsp3) is 0.109. The number of allylic oxidation sites excluding steroid dienone is 3. The number of rotatable bonds is 13. The summed E-state index contributed by atoms with van der Waals surface area (Å²) in [6, 6.07) is 34.9. The fourth-order valence-corrected chi connectivity index (χ4v) is 7.79. The summed E-state index contributed by atoms with van der Waals surface area (Å²) < 4.78 is 0. The summed E-state index contributed by atoms with van der Waals surface area (Å²) in [6.45, 7) is 10.8. The number of nitrogens with zero attached hydrogens (tertiary/aromatic N) is 1. The maximum Gasteiger partial charge on any atom is 0.0502 e. The molecule has 0 aliphatic rings. The van der Waals surface area contributed by atoms with Crippen molar-refractivity contribution in [3.05, 3.63) is 169 Å². The second kappa shape index (κ2) is 16.7. The van der Waals surface area contributed by atoms with Crippen LogP contribution < -0.4 is 11.5 Å². The van der Waals surface area contributed by atoms with E-state index in [-0.39, 0.29) is 0 Å². The molecule has 1 unspecified atom stereocenters. The molecule has 0 aliphatic carbocycles. The second-order valence-corrected chi connectivity index (χ2v) is 14.2. The van der Waals surface area contributed by atoms with Crippen molar-refractivity contribution >= 4 is 62.8 Å². The highest BCUT2D eigenvalue weighted by Gasteiger charge is 2.20. The molecular formula is C46H43N3S2. The topological polar surface area (TPSA) is 64.9 Å². The Hall–Kier alpha value is -5.23. The highest BCUT2D eigenvalue weighted by molar-refractivity contribution is 8.02. The van der Waals surface area contributed by atoms with Crippen LogP contribution in [-0.2, 0) is 5.75 Å². The van der Waals surface area contributed by atoms with Crippen LogP contribution in [0, 0.1) is 5.92 Å². The van der Waals surface area contributed by atoms with E-state index in [4.69, 9.17) is 16.5 Å². The molecule has 0 radical (unpaired) electrons. The molecule has 1 atom stereocenters. The number of pyridine rings is 1. The molecule has 0 spiro atoms. The SMILES string of the molecule is C=Cc1c(C=C)c(-c2ccc(CSC)nc2)c2cc(-c3ccc(-c4cccc5ccccc45)cc3)ccc2c1C(/C=C\C(C)CS/C=C\N)=C/N. The first-order chi connectivity index (χ1) is 25.0. The van der Waals surface area contributed by atoms with Gasteiger partial charge in [-0.2, -0.15) is 11.8 Å². The van der Waals surface area contributed by atoms with E-state index in [1.54, 1.807) is 35.9 Å². The Morgan fingerprint density at radius 1 is 0.784 bits per heavy atom. The Balaban J connectivity index is 1.53. The van der Waals surface area contributed by atoms with Crippen molar-refractivity contribution in [2.24, 2.45) is 17.4 Å². The van der Waals surface area contributed by atoms with Gasteiger partial charge in [-0.15, -0.1) is 11.8 Å². The second-order valence-electron chi connectivity index (χ2n) is 12.4. The van der Waals surface area contributed by atoms with Crippen LogP contribution in [-0.4, -0.2) is 17.0 Å². The molecule has 51 heavy (non-hydrogen) atoms. The molecule has 6 rings (SSSR count). The molecule has 5 aromatic carbocycles. The van der Waals surface area contributed by atoms with Crippen LogP contribution in [0.3, 0.4) is 0 Å². The van der Waals surface area contributed by atoms with Crippen LogP contribution in [0.15, 0.2) is 146 Å². The van der Waals surface area contributed by atoms with Crippen molar-refractivity contribution in [3.63, 3.8) is 0 Å². The van der Waals surface area contributed by atoms with Crippen LogP contribution in [0.4, 0.5) is 0 Å². The van der Waals surface area contributed by atoms with E-state index in [1.165, 1.54) is 21.9 Å². The summed E-state index contributed by atoms with van der Waals surface area (Å²) in [7, 11) is 0. The molecule has 0 saturated carbocycles. The molecule has 1 heterocycles. The van der Waals surface area contributed by atoms with Crippen LogP contribution in [0.5, 0.6) is 0 Å². The van der Waals surface area contributed by atoms with Gasteiger partial charge in [0.25, 0.3) is 0 Å². The van der Waals surface area contributed by atoms with E-state index < -0.39 is 0 Å². The molecule has 5 heteroatoms. The molecule has 3 nitrogen and oxygen atoms in total. The molecule has 0 bridgehead atoms. The van der Waals surface area contributed by atoms with E-state index in [0.717, 1.165) is 72.5 Å². The molecule has 0 aliphatic heterocycles. The quantitative estimate of drug-likeness (QED) is 0.117. The fourth-order valence-electron chi connectivity index (χ4n) is 6.69. The summed E-state index contributed by atoms with van der Waals surface area (Å²) in [5.74, 6) is 2.09. The van der Waals surface area contributed by atoms with Gasteiger partial charge in [-0.05, 0) is 101 Å². The first kappa shape index (κ1) is 35.6. The van der Waals surface area contributed by atoms with Crippen LogP contribution in [0.2, 0.25) is 0 Å². The van der Waals surface area contributed by atoms with Gasteiger partial charge in [0.15, 0.2) is 0 Å². The number of hydrogen-bond acceptors (Lipinski definition) is 5. The average Bonchev–Trinajstić information content (AvgIpc) is 3.17. The maximum atomic E-state index is 6.41. The van der Waals surface area contributed by atoms with Crippen molar-refractivity contribution in [3.8, 4) is 33.4 Å². The Labute approximate surface area is 310 Å². The van der Waals surface area contributed by atoms with Gasteiger partial charge in [-0.25, -0.2) is 0 Å². The summed E-state index contributed by atoms with van der Waals surface area (Å²) in [4.78, 5) is 4.84. The zero-order chi connectivity index (χ0) is 35.7. The van der Waals surface area contributed by atoms with E-state index in [9.17, 15) is 0 Å². The van der Waals surface area contributed by atoms with Crippen molar-refractivity contribution in [2.45, 2.75) is 12.7 Å². The number of aromatic nitrogens is 1. The first-order valence-corrected chi connectivity index (χ1v) is 19.5. The monoisotopic (exact) mass is 701 g/mol. The summed E-state index contributed by atoms with van der Waals surface area (Å²) >= 11 is 3.46. The third-order valence-corrected chi connectivity index (χ3v) is 10.8. The van der Waals surface area contributed by atoms with Gasteiger partial charge < -0.3 is 11.5 Å². The predicted octanol–water partition coefficient (Wildman–Crippen LogP) is 12.2. The summed E-state index contributed by atoms with van der Waals surface area (Å²) in [5.41, 5.74) is 23.8. The van der Waals surface area contributed by atoms with Gasteiger partial charge in [-0.1, -0.05) is 129 Å². The molecule has 6 aromatic rings. The number of benzene rings is 5. The third-order valence-electron chi connectivity index (χ3n) is 9.13. The Kier molecular flexibility index (Phi) is 11.6. The molecule has 254 valence electrons. The van der Waals surface area contributed by atoms with Crippen LogP contribution in [0.1, 0.15) is 29.3 Å². The lowest BCUT2D eigenvalue weighted by Gasteiger charge is -2.21. The lowest BCUT2D eigenvalue weighted by Crippen LogP contribution is -2.01. The van der Waals surface area contributed by atoms with Crippen molar-refractivity contribution < 1.29 is 0 Å². The number of hydrogen-bond donors (Lipinski definition) is 2. The van der Waals surface area contributed by atoms with E-state index in [1.807, 2.05) is 23.8 Å². The minimum Gasteiger partial charge on any atom is -0.404 e. The maximum absolute atomic E-state index is 6.41. The van der Waals surface area contributed by atoms with E-state index in [2.05, 4.69) is 136 Å². The molecule has 0 fully saturated rings. The van der Waals surface area contributed by atoms with Gasteiger partial charge in [0.2, 0.25) is 0 Å². The zero-order valence-corrected chi connectivity index (χ0v) is 30.8. The standard InChI is InChI=1S/C46H43N3S2/c1-5-39-40(6-2)46(37-20-22-38(30-50-4)49-28-37)44-26-35(21-23-43(44)45(39)36(27-48)15-14-31(3)29-51-25-24-47)32-16-18-34(19-17-32)42-13-9-11-33-10-7-8-12-41(33)42/h5-28,31H,1-2,29-30,47-48H2,3-4H3/b15-14-,25-24-,36-27+. The number of fused-ring (bicyclic) bond motifs is 2. The Morgan fingerprint density at radius 2 is 1.51 bits per heavy atom. The van der Waals surface area contributed by atoms with Crippen molar-refractivity contribution in [1.29, 1.82) is 0 Å². The predicted molar refractivity (Wildman–Crippen MR) is 229 cm³/mol. The van der Waals surface area contributed by atoms with E-state index >= 15 is 0 Å². The molecule has 4 N–H and O–H groups in total. The Morgan fingerprint density at radius 3 is 2.22 bits per heavy atom. The van der Waals surface area contributed by atoms with Gasteiger partial charge in [-0.3, -0.25) is 4.98 Å². The average molecular weight is 702 g/mol. The lowest BCUT2D eigenvalue weighted by atomic mass is 9.82. The molecule has 0 amide bonds. The highest BCUT2D eigenvalue weighted by atomic mass is 32.2. The largest absolute Gasteiger partial charge is 0.404 e. The third kappa shape index (κ3) is 7.61. The summed E-state index contributed by atoms with van der Waals surface area (Å²) in [5, 5.41) is 6.60. The minimum atomic E-state index is 0.312. The normalized spacial score (nSPS) is 12.6. The smallest absolute Gasteiger partial charge is 0.0502 e. The molecule has 1 aromatic heterocycles. The first-order valence-electron chi connectivity index (χ1n) is 17.0.